The summed E-state index contributed by atoms with van der Waals surface area (Å²) in [5.74, 6) is 1.35. The van der Waals surface area contributed by atoms with Gasteiger partial charge in [-0.05, 0) is 50.0 Å². The van der Waals surface area contributed by atoms with Gasteiger partial charge in [0.25, 0.3) is 0 Å². The number of allylic oxidation sites excluding steroid dienone is 4. The zero-order valence-electron chi connectivity index (χ0n) is 9.20. The fourth-order valence-corrected chi connectivity index (χ4v) is 2.05. The van der Waals surface area contributed by atoms with Crippen LogP contribution in [0.5, 0.6) is 0 Å². The standard InChI is InChI=1S/C13H20O/c1-3-4-5-6-13-9-12(10-14)8-7-11(13)2/h3-4,9-11,13H,5-8H2,1-2H3/b4-3+. The Labute approximate surface area is 86.9 Å². The van der Waals surface area contributed by atoms with Crippen molar-refractivity contribution in [3.8, 4) is 0 Å². The highest BCUT2D eigenvalue weighted by molar-refractivity contribution is 5.73. The van der Waals surface area contributed by atoms with Gasteiger partial charge in [0.15, 0.2) is 0 Å². The highest BCUT2D eigenvalue weighted by Crippen LogP contribution is 2.30. The molecule has 0 fully saturated rings. The van der Waals surface area contributed by atoms with Crippen LogP contribution >= 0.6 is 0 Å². The van der Waals surface area contributed by atoms with Gasteiger partial charge in [-0.3, -0.25) is 4.79 Å². The van der Waals surface area contributed by atoms with E-state index in [2.05, 4.69) is 32.1 Å². The van der Waals surface area contributed by atoms with Crippen LogP contribution in [0.3, 0.4) is 0 Å². The maximum absolute atomic E-state index is 10.7. The molecular weight excluding hydrogens is 172 g/mol. The Morgan fingerprint density at radius 2 is 2.36 bits per heavy atom. The first-order chi connectivity index (χ1) is 6.77. The van der Waals surface area contributed by atoms with Crippen LogP contribution in [0.15, 0.2) is 23.8 Å². The van der Waals surface area contributed by atoms with E-state index in [1.165, 1.54) is 12.8 Å². The summed E-state index contributed by atoms with van der Waals surface area (Å²) in [5, 5.41) is 0. The lowest BCUT2D eigenvalue weighted by Gasteiger charge is -2.25. The smallest absolute Gasteiger partial charge is 0.145 e. The number of carbonyl (C=O) groups excluding carboxylic acids is 1. The molecule has 78 valence electrons. The summed E-state index contributed by atoms with van der Waals surface area (Å²) in [6, 6.07) is 0. The van der Waals surface area contributed by atoms with Crippen molar-refractivity contribution in [1.82, 2.24) is 0 Å². The molecule has 1 rings (SSSR count). The summed E-state index contributed by atoms with van der Waals surface area (Å²) in [4.78, 5) is 10.7. The van der Waals surface area contributed by atoms with Crippen molar-refractivity contribution < 1.29 is 4.79 Å². The molecule has 0 amide bonds. The second-order valence-corrected chi connectivity index (χ2v) is 4.19. The van der Waals surface area contributed by atoms with Crippen molar-refractivity contribution >= 4 is 6.29 Å². The van der Waals surface area contributed by atoms with Crippen molar-refractivity contribution in [3.63, 3.8) is 0 Å². The molecule has 0 N–H and O–H groups in total. The molecule has 2 atom stereocenters. The van der Waals surface area contributed by atoms with E-state index < -0.39 is 0 Å². The number of aldehydes is 1. The van der Waals surface area contributed by atoms with Gasteiger partial charge in [-0.15, -0.1) is 0 Å². The molecule has 0 bridgehead atoms. The molecular formula is C13H20O. The van der Waals surface area contributed by atoms with Crippen LogP contribution in [0.2, 0.25) is 0 Å². The monoisotopic (exact) mass is 192 g/mol. The third kappa shape index (κ3) is 3.13. The van der Waals surface area contributed by atoms with Gasteiger partial charge < -0.3 is 0 Å². The molecule has 0 saturated heterocycles. The Morgan fingerprint density at radius 3 is 3.00 bits per heavy atom. The fraction of sp³-hybridized carbons (Fsp3) is 0.615. The second-order valence-electron chi connectivity index (χ2n) is 4.19. The molecule has 2 unspecified atom stereocenters. The molecule has 1 aliphatic carbocycles. The summed E-state index contributed by atoms with van der Waals surface area (Å²) in [6.45, 7) is 4.34. The van der Waals surface area contributed by atoms with Crippen LogP contribution in [-0.2, 0) is 4.79 Å². The van der Waals surface area contributed by atoms with Crippen LogP contribution in [0.4, 0.5) is 0 Å². The van der Waals surface area contributed by atoms with Gasteiger partial charge in [0, 0.05) is 0 Å². The molecule has 0 aromatic rings. The van der Waals surface area contributed by atoms with Crippen LogP contribution in [0.1, 0.15) is 39.5 Å². The first kappa shape index (κ1) is 11.2. The Hall–Kier alpha value is -0.850. The van der Waals surface area contributed by atoms with Crippen molar-refractivity contribution in [3.05, 3.63) is 23.8 Å². The largest absolute Gasteiger partial charge is 0.298 e. The maximum Gasteiger partial charge on any atom is 0.145 e. The molecule has 1 nitrogen and oxygen atoms in total. The molecule has 0 heterocycles. The Morgan fingerprint density at radius 1 is 1.57 bits per heavy atom. The van der Waals surface area contributed by atoms with E-state index in [9.17, 15) is 4.79 Å². The summed E-state index contributed by atoms with van der Waals surface area (Å²) in [7, 11) is 0. The SMILES string of the molecule is C/C=C/CCC1C=C(C=O)CCC1C. The van der Waals surface area contributed by atoms with E-state index in [-0.39, 0.29) is 0 Å². The van der Waals surface area contributed by atoms with Gasteiger partial charge in [-0.2, -0.15) is 0 Å². The van der Waals surface area contributed by atoms with Crippen LogP contribution in [0.25, 0.3) is 0 Å². The van der Waals surface area contributed by atoms with Crippen LogP contribution in [0, 0.1) is 11.8 Å². The third-order valence-electron chi connectivity index (χ3n) is 3.10. The minimum atomic E-state index is 0.611. The van der Waals surface area contributed by atoms with E-state index in [0.29, 0.717) is 5.92 Å². The summed E-state index contributed by atoms with van der Waals surface area (Å²) < 4.78 is 0. The average molecular weight is 192 g/mol. The maximum atomic E-state index is 10.7. The highest BCUT2D eigenvalue weighted by Gasteiger charge is 2.19. The quantitative estimate of drug-likeness (QED) is 0.492. The van der Waals surface area contributed by atoms with E-state index in [1.54, 1.807) is 0 Å². The molecule has 0 spiro atoms. The van der Waals surface area contributed by atoms with Gasteiger partial charge >= 0.3 is 0 Å². The Bertz CT molecular complexity index is 238. The van der Waals surface area contributed by atoms with Gasteiger partial charge in [-0.25, -0.2) is 0 Å². The first-order valence-electron chi connectivity index (χ1n) is 5.55. The predicted molar refractivity (Wildman–Crippen MR) is 60.1 cm³/mol. The average Bonchev–Trinajstić information content (AvgIpc) is 2.21. The third-order valence-corrected chi connectivity index (χ3v) is 3.10. The predicted octanol–water partition coefficient (Wildman–Crippen LogP) is 3.51. The first-order valence-corrected chi connectivity index (χ1v) is 5.55. The molecule has 0 aromatic heterocycles. The van der Waals surface area contributed by atoms with E-state index in [0.717, 1.165) is 30.6 Å². The zero-order valence-corrected chi connectivity index (χ0v) is 9.20. The zero-order chi connectivity index (χ0) is 10.4. The normalized spacial score (nSPS) is 27.7. The van der Waals surface area contributed by atoms with Crippen LogP contribution in [-0.4, -0.2) is 6.29 Å². The minimum Gasteiger partial charge on any atom is -0.298 e. The topological polar surface area (TPSA) is 17.1 Å². The summed E-state index contributed by atoms with van der Waals surface area (Å²) in [5.41, 5.74) is 1.01. The summed E-state index contributed by atoms with van der Waals surface area (Å²) >= 11 is 0. The van der Waals surface area contributed by atoms with E-state index in [1.807, 2.05) is 0 Å². The molecule has 0 radical (unpaired) electrons. The van der Waals surface area contributed by atoms with Gasteiger partial charge in [0.05, 0.1) is 0 Å². The molecule has 0 saturated carbocycles. The number of rotatable bonds is 4. The van der Waals surface area contributed by atoms with Crippen molar-refractivity contribution in [2.75, 3.05) is 0 Å². The highest BCUT2D eigenvalue weighted by atomic mass is 16.1. The summed E-state index contributed by atoms with van der Waals surface area (Å²) in [6.07, 6.45) is 12.0. The lowest BCUT2D eigenvalue weighted by atomic mass is 9.80. The molecule has 1 heteroatoms. The lowest BCUT2D eigenvalue weighted by molar-refractivity contribution is -0.105. The number of carbonyl (C=O) groups is 1. The van der Waals surface area contributed by atoms with Gasteiger partial charge in [-0.1, -0.05) is 25.2 Å². The van der Waals surface area contributed by atoms with Crippen LogP contribution < -0.4 is 0 Å². The molecule has 0 aliphatic heterocycles. The Balaban J connectivity index is 2.51. The van der Waals surface area contributed by atoms with E-state index in [4.69, 9.17) is 0 Å². The van der Waals surface area contributed by atoms with Gasteiger partial charge in [0.2, 0.25) is 0 Å². The number of hydrogen-bond donors (Lipinski definition) is 0. The van der Waals surface area contributed by atoms with E-state index >= 15 is 0 Å². The van der Waals surface area contributed by atoms with Crippen molar-refractivity contribution in [1.29, 1.82) is 0 Å². The molecule has 14 heavy (non-hydrogen) atoms. The lowest BCUT2D eigenvalue weighted by Crippen LogP contribution is -2.15. The molecule has 1 aliphatic rings. The Kier molecular flexibility index (Phi) is 4.64. The van der Waals surface area contributed by atoms with Gasteiger partial charge in [0.1, 0.15) is 6.29 Å². The molecule has 0 aromatic carbocycles. The second kappa shape index (κ2) is 5.79. The fourth-order valence-electron chi connectivity index (χ4n) is 2.05. The van der Waals surface area contributed by atoms with Crippen molar-refractivity contribution in [2.45, 2.75) is 39.5 Å². The number of hydrogen-bond acceptors (Lipinski definition) is 1. The van der Waals surface area contributed by atoms with Crippen molar-refractivity contribution in [2.24, 2.45) is 11.8 Å². The minimum absolute atomic E-state index is 0.611.